The number of nitrogens with zero attached hydrogens (tertiary/aromatic N) is 2. The number of hydrogen-bond acceptors (Lipinski definition) is 6. The van der Waals surface area contributed by atoms with E-state index in [0.29, 0.717) is 4.88 Å². The molecule has 102 valence electrons. The summed E-state index contributed by atoms with van der Waals surface area (Å²) in [5.41, 5.74) is 6.60. The van der Waals surface area contributed by atoms with Crippen molar-refractivity contribution < 1.29 is 4.79 Å². The Bertz CT molecular complexity index is 550. The number of rotatable bonds is 5. The quantitative estimate of drug-likeness (QED) is 0.890. The zero-order valence-electron chi connectivity index (χ0n) is 10.8. The van der Waals surface area contributed by atoms with Gasteiger partial charge in [-0.1, -0.05) is 18.3 Å². The molecular weight excluding hydrogens is 280 g/mol. The van der Waals surface area contributed by atoms with Crippen molar-refractivity contribution in [3.8, 4) is 0 Å². The van der Waals surface area contributed by atoms with Crippen molar-refractivity contribution in [1.29, 1.82) is 0 Å². The second kappa shape index (κ2) is 6.03. The summed E-state index contributed by atoms with van der Waals surface area (Å²) in [5, 5.41) is 7.36. The van der Waals surface area contributed by atoms with Crippen LogP contribution < -0.4 is 16.0 Å². The van der Waals surface area contributed by atoms with Gasteiger partial charge in [0.2, 0.25) is 0 Å². The standard InChI is InChI=1S/C12H16N4OS2/c1-3-5-16(2)12-15-10(13)9(19-12)11(17)14-8-4-6-18-7-8/h4,6-7H,3,5,13H2,1-2H3,(H,14,17). The molecule has 2 aromatic heterocycles. The van der Waals surface area contributed by atoms with Gasteiger partial charge >= 0.3 is 0 Å². The zero-order chi connectivity index (χ0) is 13.8. The Kier molecular flexibility index (Phi) is 4.39. The van der Waals surface area contributed by atoms with Crippen molar-refractivity contribution in [3.63, 3.8) is 0 Å². The number of amides is 1. The number of aromatic nitrogens is 1. The molecule has 0 aliphatic carbocycles. The van der Waals surface area contributed by atoms with E-state index in [0.717, 1.165) is 23.8 Å². The monoisotopic (exact) mass is 296 g/mol. The van der Waals surface area contributed by atoms with E-state index in [1.54, 1.807) is 0 Å². The highest BCUT2D eigenvalue weighted by molar-refractivity contribution is 7.18. The number of anilines is 3. The number of thiophene rings is 1. The third kappa shape index (κ3) is 3.24. The molecule has 3 N–H and O–H groups in total. The summed E-state index contributed by atoms with van der Waals surface area (Å²) in [6.45, 7) is 2.98. The highest BCUT2D eigenvalue weighted by Crippen LogP contribution is 2.28. The predicted octanol–water partition coefficient (Wildman–Crippen LogP) is 2.89. The Morgan fingerprint density at radius 3 is 3.00 bits per heavy atom. The van der Waals surface area contributed by atoms with E-state index in [9.17, 15) is 4.79 Å². The number of hydrogen-bond donors (Lipinski definition) is 2. The molecular formula is C12H16N4OS2. The first-order chi connectivity index (χ1) is 9.11. The van der Waals surface area contributed by atoms with Crippen molar-refractivity contribution in [2.75, 3.05) is 29.5 Å². The average molecular weight is 296 g/mol. The lowest BCUT2D eigenvalue weighted by atomic mass is 10.4. The topological polar surface area (TPSA) is 71.2 Å². The summed E-state index contributed by atoms with van der Waals surface area (Å²) in [4.78, 5) is 18.8. The maximum atomic E-state index is 12.1. The molecule has 7 heteroatoms. The molecule has 1 amide bonds. The van der Waals surface area contributed by atoms with Gasteiger partial charge in [0.15, 0.2) is 5.13 Å². The molecule has 0 spiro atoms. The maximum absolute atomic E-state index is 12.1. The number of nitrogens with two attached hydrogens (primary N) is 1. The van der Waals surface area contributed by atoms with E-state index in [-0.39, 0.29) is 11.7 Å². The van der Waals surface area contributed by atoms with Crippen LogP contribution >= 0.6 is 22.7 Å². The molecule has 5 nitrogen and oxygen atoms in total. The molecule has 0 saturated heterocycles. The van der Waals surface area contributed by atoms with Gasteiger partial charge in [-0.25, -0.2) is 4.98 Å². The van der Waals surface area contributed by atoms with E-state index < -0.39 is 0 Å². The number of nitrogen functional groups attached to an aromatic ring is 1. The first-order valence-electron chi connectivity index (χ1n) is 5.92. The van der Waals surface area contributed by atoms with Gasteiger partial charge < -0.3 is 16.0 Å². The van der Waals surface area contributed by atoms with Crippen LogP contribution in [0.15, 0.2) is 16.8 Å². The molecule has 2 aromatic rings. The SMILES string of the molecule is CCCN(C)c1nc(N)c(C(=O)Nc2ccsc2)s1. The van der Waals surface area contributed by atoms with Crippen molar-refractivity contribution >= 4 is 45.2 Å². The second-order valence-corrected chi connectivity index (χ2v) is 5.86. The summed E-state index contributed by atoms with van der Waals surface area (Å²) < 4.78 is 0. The summed E-state index contributed by atoms with van der Waals surface area (Å²) in [5.74, 6) is 0.0835. The van der Waals surface area contributed by atoms with Crippen LogP contribution in [-0.2, 0) is 0 Å². The highest BCUT2D eigenvalue weighted by Gasteiger charge is 2.18. The third-order valence-electron chi connectivity index (χ3n) is 2.51. The Hall–Kier alpha value is -1.60. The molecule has 0 saturated carbocycles. The molecule has 0 bridgehead atoms. The summed E-state index contributed by atoms with van der Waals surface area (Å²) >= 11 is 2.85. The molecule has 0 radical (unpaired) electrons. The lowest BCUT2D eigenvalue weighted by Crippen LogP contribution is -2.17. The molecule has 0 unspecified atom stereocenters. The van der Waals surface area contributed by atoms with Gasteiger partial charge in [0.05, 0.1) is 5.69 Å². The lowest BCUT2D eigenvalue weighted by Gasteiger charge is -2.13. The smallest absolute Gasteiger partial charge is 0.269 e. The Labute approximate surface area is 120 Å². The Morgan fingerprint density at radius 2 is 2.37 bits per heavy atom. The number of carbonyl (C=O) groups excluding carboxylic acids is 1. The first kappa shape index (κ1) is 13.8. The second-order valence-electron chi connectivity index (χ2n) is 4.10. The Morgan fingerprint density at radius 1 is 1.58 bits per heavy atom. The van der Waals surface area contributed by atoms with Crippen LogP contribution in [0.3, 0.4) is 0 Å². The molecule has 0 aliphatic heterocycles. The van der Waals surface area contributed by atoms with Crippen molar-refractivity contribution in [3.05, 3.63) is 21.7 Å². The first-order valence-corrected chi connectivity index (χ1v) is 7.68. The van der Waals surface area contributed by atoms with Gasteiger partial charge in [-0.05, 0) is 17.9 Å². The van der Waals surface area contributed by atoms with E-state index in [2.05, 4.69) is 17.2 Å². The molecule has 19 heavy (non-hydrogen) atoms. The predicted molar refractivity (Wildman–Crippen MR) is 82.4 cm³/mol. The van der Waals surface area contributed by atoms with E-state index in [4.69, 9.17) is 5.73 Å². The van der Waals surface area contributed by atoms with Gasteiger partial charge in [0.1, 0.15) is 10.7 Å². The zero-order valence-corrected chi connectivity index (χ0v) is 12.5. The van der Waals surface area contributed by atoms with Crippen LogP contribution in [0, 0.1) is 0 Å². The number of nitrogens with one attached hydrogen (secondary N) is 1. The van der Waals surface area contributed by atoms with Gasteiger partial charge in [0, 0.05) is 19.0 Å². The Balaban J connectivity index is 2.13. The van der Waals surface area contributed by atoms with E-state index in [1.807, 2.05) is 28.8 Å². The van der Waals surface area contributed by atoms with Gasteiger partial charge in [-0.3, -0.25) is 4.79 Å². The van der Waals surface area contributed by atoms with Crippen LogP contribution in [0.1, 0.15) is 23.0 Å². The summed E-state index contributed by atoms with van der Waals surface area (Å²) in [7, 11) is 1.95. The fraction of sp³-hybridized carbons (Fsp3) is 0.333. The minimum absolute atomic E-state index is 0.204. The largest absolute Gasteiger partial charge is 0.382 e. The normalized spacial score (nSPS) is 10.4. The molecule has 0 aromatic carbocycles. The number of carbonyl (C=O) groups is 1. The van der Waals surface area contributed by atoms with E-state index in [1.165, 1.54) is 22.7 Å². The molecule has 2 heterocycles. The van der Waals surface area contributed by atoms with Crippen molar-refractivity contribution in [1.82, 2.24) is 4.98 Å². The van der Waals surface area contributed by atoms with Crippen LogP contribution in [0.4, 0.5) is 16.6 Å². The summed E-state index contributed by atoms with van der Waals surface area (Å²) in [6, 6.07) is 1.85. The van der Waals surface area contributed by atoms with Crippen LogP contribution in [0.2, 0.25) is 0 Å². The minimum Gasteiger partial charge on any atom is -0.382 e. The fourth-order valence-corrected chi connectivity index (χ4v) is 3.06. The van der Waals surface area contributed by atoms with Gasteiger partial charge in [-0.2, -0.15) is 11.3 Å². The summed E-state index contributed by atoms with van der Waals surface area (Å²) in [6.07, 6.45) is 1.02. The van der Waals surface area contributed by atoms with Crippen molar-refractivity contribution in [2.24, 2.45) is 0 Å². The average Bonchev–Trinajstić information content (AvgIpc) is 2.98. The van der Waals surface area contributed by atoms with Crippen molar-refractivity contribution in [2.45, 2.75) is 13.3 Å². The van der Waals surface area contributed by atoms with E-state index >= 15 is 0 Å². The highest BCUT2D eigenvalue weighted by atomic mass is 32.1. The fourth-order valence-electron chi connectivity index (χ4n) is 1.60. The lowest BCUT2D eigenvalue weighted by molar-refractivity contribution is 0.103. The van der Waals surface area contributed by atoms with Crippen LogP contribution in [0.5, 0.6) is 0 Å². The van der Waals surface area contributed by atoms with Crippen LogP contribution in [-0.4, -0.2) is 24.5 Å². The molecule has 0 aliphatic rings. The third-order valence-corrected chi connectivity index (χ3v) is 4.38. The number of thiazole rings is 1. The molecule has 0 atom stereocenters. The van der Waals surface area contributed by atoms with Crippen LogP contribution in [0.25, 0.3) is 0 Å². The maximum Gasteiger partial charge on any atom is 0.269 e. The molecule has 0 fully saturated rings. The van der Waals surface area contributed by atoms with Gasteiger partial charge in [-0.15, -0.1) is 0 Å². The van der Waals surface area contributed by atoms with Gasteiger partial charge in [0.25, 0.3) is 5.91 Å². The molecule has 2 rings (SSSR count). The minimum atomic E-state index is -0.204.